The molecule has 10 heteroatoms. The van der Waals surface area contributed by atoms with Crippen molar-refractivity contribution < 1.29 is 28.8 Å². The van der Waals surface area contributed by atoms with Crippen molar-refractivity contribution in [1.82, 2.24) is 15.3 Å². The Kier molecular flexibility index (Phi) is 10.5. The molecule has 3 heterocycles. The number of hydrogen-bond donors (Lipinski definition) is 3. The number of aliphatic hydroxyl groups is 1. The first kappa shape index (κ1) is 31.7. The van der Waals surface area contributed by atoms with Gasteiger partial charge in [-0.15, -0.1) is 0 Å². The molecule has 0 unspecified atom stereocenters. The normalized spacial score (nSPS) is 20.2. The zero-order valence-corrected chi connectivity index (χ0v) is 25.6. The van der Waals surface area contributed by atoms with E-state index in [0.717, 1.165) is 40.1 Å². The Balaban J connectivity index is 1.08. The molecular weight excluding hydrogens is 584 g/mol. The number of alkyl carbamates (subject to hydrolysis) is 1. The van der Waals surface area contributed by atoms with E-state index in [1.54, 1.807) is 11.2 Å². The minimum atomic E-state index is -0.985. The van der Waals surface area contributed by atoms with Crippen molar-refractivity contribution in [3.63, 3.8) is 0 Å². The molecule has 2 fully saturated rings. The highest BCUT2D eigenvalue weighted by Crippen LogP contribution is 2.33. The number of carbonyl (C=O) groups is 1. The van der Waals surface area contributed by atoms with Gasteiger partial charge < -0.3 is 29.4 Å². The number of pyridine rings is 1. The van der Waals surface area contributed by atoms with Gasteiger partial charge in [-0.1, -0.05) is 72.8 Å². The summed E-state index contributed by atoms with van der Waals surface area (Å²) >= 11 is 0. The van der Waals surface area contributed by atoms with Gasteiger partial charge in [0.1, 0.15) is 18.5 Å². The highest BCUT2D eigenvalue weighted by Gasteiger charge is 2.44. The van der Waals surface area contributed by atoms with Crippen molar-refractivity contribution in [1.29, 1.82) is 0 Å². The molecule has 2 aliphatic heterocycles. The lowest BCUT2D eigenvalue weighted by Gasteiger charge is -2.28. The second-order valence-corrected chi connectivity index (χ2v) is 11.8. The number of rotatable bonds is 13. The number of aliphatic hydroxyl groups excluding tert-OH is 1. The Morgan fingerprint density at radius 2 is 1.72 bits per heavy atom. The average Bonchev–Trinajstić information content (AvgIpc) is 3.70. The molecule has 0 radical (unpaired) electrons. The largest absolute Gasteiger partial charge is 0.489 e. The van der Waals surface area contributed by atoms with E-state index < -0.39 is 24.3 Å². The summed E-state index contributed by atoms with van der Waals surface area (Å²) < 4.78 is 22.9. The predicted molar refractivity (Wildman–Crippen MR) is 172 cm³/mol. The molecule has 2 aliphatic rings. The van der Waals surface area contributed by atoms with Crippen LogP contribution >= 0.6 is 0 Å². The molecule has 3 aromatic carbocycles. The fourth-order valence-electron chi connectivity index (χ4n) is 5.85. The molecule has 4 N–H and O–H groups in total. The Bertz CT molecular complexity index is 1520. The van der Waals surface area contributed by atoms with Crippen LogP contribution < -0.4 is 15.9 Å². The zero-order valence-electron chi connectivity index (χ0n) is 25.6. The number of benzene rings is 3. The molecule has 1 amide bonds. The highest BCUT2D eigenvalue weighted by atomic mass is 16.7. The van der Waals surface area contributed by atoms with Crippen molar-refractivity contribution in [3.8, 4) is 17.0 Å². The van der Waals surface area contributed by atoms with E-state index >= 15 is 0 Å². The number of fused-ring (bicyclic) bond motifs is 1. The van der Waals surface area contributed by atoms with Gasteiger partial charge in [0.2, 0.25) is 0 Å². The van der Waals surface area contributed by atoms with E-state index in [2.05, 4.69) is 10.3 Å². The second kappa shape index (κ2) is 15.3. The van der Waals surface area contributed by atoms with E-state index in [4.69, 9.17) is 24.8 Å². The molecule has 2 saturated heterocycles. The number of ether oxygens (including phenoxy) is 4. The number of nitrogens with zero attached hydrogens (tertiary/aromatic N) is 2. The first-order valence-corrected chi connectivity index (χ1v) is 15.6. The van der Waals surface area contributed by atoms with Gasteiger partial charge in [0.05, 0.1) is 37.0 Å². The first-order valence-electron chi connectivity index (χ1n) is 15.6. The van der Waals surface area contributed by atoms with Crippen molar-refractivity contribution in [2.24, 2.45) is 11.8 Å². The van der Waals surface area contributed by atoms with Gasteiger partial charge in [0, 0.05) is 24.8 Å². The maximum Gasteiger partial charge on any atom is 0.407 e. The first-order chi connectivity index (χ1) is 22.5. The Labute approximate surface area is 269 Å². The predicted octanol–water partition coefficient (Wildman–Crippen LogP) is 4.46. The fraction of sp³-hybridized carbons (Fsp3) is 0.333. The van der Waals surface area contributed by atoms with Crippen LogP contribution in [0.15, 0.2) is 103 Å². The quantitative estimate of drug-likeness (QED) is 0.146. The number of amides is 1. The smallest absolute Gasteiger partial charge is 0.407 e. The van der Waals surface area contributed by atoms with Crippen LogP contribution in [0.5, 0.6) is 5.75 Å². The van der Waals surface area contributed by atoms with Gasteiger partial charge in [-0.3, -0.25) is 10.8 Å². The minimum absolute atomic E-state index is 0.0150. The van der Waals surface area contributed by atoms with E-state index in [0.29, 0.717) is 26.2 Å². The van der Waals surface area contributed by atoms with Gasteiger partial charge in [-0.05, 0) is 53.8 Å². The van der Waals surface area contributed by atoms with Crippen LogP contribution in [0.2, 0.25) is 0 Å². The van der Waals surface area contributed by atoms with Gasteiger partial charge in [-0.25, -0.2) is 9.80 Å². The van der Waals surface area contributed by atoms with E-state index in [1.165, 1.54) is 0 Å². The number of nitrogens with one attached hydrogen (secondary N) is 1. The van der Waals surface area contributed by atoms with Gasteiger partial charge >= 0.3 is 6.09 Å². The number of aromatic nitrogens is 1. The lowest BCUT2D eigenvalue weighted by Crippen LogP contribution is -2.51. The molecule has 0 spiro atoms. The molecule has 10 nitrogen and oxygen atoms in total. The third-order valence-corrected chi connectivity index (χ3v) is 8.36. The third-order valence-electron chi connectivity index (χ3n) is 8.36. The number of hydrogen-bond acceptors (Lipinski definition) is 9. The third kappa shape index (κ3) is 8.48. The highest BCUT2D eigenvalue weighted by molar-refractivity contribution is 5.68. The fourth-order valence-corrected chi connectivity index (χ4v) is 5.85. The molecule has 0 aliphatic carbocycles. The van der Waals surface area contributed by atoms with Crippen molar-refractivity contribution in [2.45, 2.75) is 50.5 Å². The van der Waals surface area contributed by atoms with Gasteiger partial charge in [-0.2, -0.15) is 0 Å². The summed E-state index contributed by atoms with van der Waals surface area (Å²) in [6.07, 6.45) is 0.582. The van der Waals surface area contributed by atoms with Gasteiger partial charge in [0.25, 0.3) is 0 Å². The van der Waals surface area contributed by atoms with Crippen molar-refractivity contribution in [3.05, 3.63) is 120 Å². The topological polar surface area (TPSA) is 128 Å². The standard InChI is InChI=1S/C36H40N4O6/c37-40(21-26-9-13-28(14-10-26)31-8-4-5-18-38-31)22-33(41)32(39-36(42)46-34-24-45-35-30(34)17-19-43-35)20-25-11-15-29(16-12-25)44-23-27-6-2-1-3-7-27/h1-16,18,30,32-35,41H,17,19-24,37H2,(H,39,42)/t30-,32-,33-,34-,35+/m0/s1. The van der Waals surface area contributed by atoms with Crippen LogP contribution in [0, 0.1) is 5.92 Å². The molecule has 6 rings (SSSR count). The van der Waals surface area contributed by atoms with Crippen LogP contribution in [-0.4, -0.2) is 65.5 Å². The molecular formula is C36H40N4O6. The molecule has 46 heavy (non-hydrogen) atoms. The Morgan fingerprint density at radius 1 is 0.957 bits per heavy atom. The molecule has 5 atom stereocenters. The lowest BCUT2D eigenvalue weighted by molar-refractivity contribution is -0.0907. The molecule has 1 aromatic heterocycles. The average molecular weight is 625 g/mol. The van der Waals surface area contributed by atoms with E-state index in [-0.39, 0.29) is 25.4 Å². The van der Waals surface area contributed by atoms with E-state index in [9.17, 15) is 9.90 Å². The summed E-state index contributed by atoms with van der Waals surface area (Å²) in [6.45, 7) is 1.87. The maximum atomic E-state index is 13.1. The SMILES string of the molecule is NN(Cc1ccc(-c2ccccn2)cc1)C[C@H](O)[C@H](Cc1ccc(OCc2ccccc2)cc1)NC(=O)O[C@H]1CO[C@H]2OCC[C@H]21. The summed E-state index contributed by atoms with van der Waals surface area (Å²) in [7, 11) is 0. The maximum absolute atomic E-state index is 13.1. The van der Waals surface area contributed by atoms with Crippen LogP contribution in [0.3, 0.4) is 0 Å². The minimum Gasteiger partial charge on any atom is -0.489 e. The van der Waals surface area contributed by atoms with Gasteiger partial charge in [0.15, 0.2) is 6.29 Å². The van der Waals surface area contributed by atoms with Crippen LogP contribution in [0.4, 0.5) is 4.79 Å². The lowest BCUT2D eigenvalue weighted by atomic mass is 10.0. The summed E-state index contributed by atoms with van der Waals surface area (Å²) in [5.74, 6) is 7.12. The summed E-state index contributed by atoms with van der Waals surface area (Å²) in [4.78, 5) is 17.5. The van der Waals surface area contributed by atoms with E-state index in [1.807, 2.05) is 97.1 Å². The van der Waals surface area contributed by atoms with Crippen LogP contribution in [0.1, 0.15) is 23.1 Å². The summed E-state index contributed by atoms with van der Waals surface area (Å²) in [5.41, 5.74) is 4.88. The second-order valence-electron chi connectivity index (χ2n) is 11.8. The monoisotopic (exact) mass is 624 g/mol. The van der Waals surface area contributed by atoms with Crippen molar-refractivity contribution in [2.75, 3.05) is 19.8 Å². The summed E-state index contributed by atoms with van der Waals surface area (Å²) in [6, 6.07) is 30.7. The van der Waals surface area contributed by atoms with Crippen molar-refractivity contribution >= 4 is 6.09 Å². The molecule has 0 saturated carbocycles. The van der Waals surface area contributed by atoms with Crippen LogP contribution in [-0.2, 0) is 33.8 Å². The van der Waals surface area contributed by atoms with Crippen LogP contribution in [0.25, 0.3) is 11.3 Å². The summed E-state index contributed by atoms with van der Waals surface area (Å²) in [5, 5.41) is 15.8. The number of nitrogens with two attached hydrogens (primary N) is 1. The molecule has 0 bridgehead atoms. The molecule has 4 aromatic rings. The number of hydrazine groups is 1. The Morgan fingerprint density at radius 3 is 2.48 bits per heavy atom. The Hall–Kier alpha value is -4.32. The molecule has 240 valence electrons. The number of carbonyl (C=O) groups excluding carboxylic acids is 1. The zero-order chi connectivity index (χ0) is 31.7.